The first-order valence-electron chi connectivity index (χ1n) is 7.73. The van der Waals surface area contributed by atoms with Gasteiger partial charge in [0.15, 0.2) is 0 Å². The highest BCUT2D eigenvalue weighted by molar-refractivity contribution is 7.88. The van der Waals surface area contributed by atoms with Crippen LogP contribution in [0.1, 0.15) is 44.6 Å². The van der Waals surface area contributed by atoms with Crippen LogP contribution in [0.5, 0.6) is 0 Å². The molecule has 1 aromatic rings. The maximum atomic E-state index is 12.6. The fourth-order valence-corrected chi connectivity index (χ4v) is 4.63. The zero-order valence-electron chi connectivity index (χ0n) is 13.0. The molecule has 0 bridgehead atoms. The number of anilines is 1. The second-order valence-electron chi connectivity index (χ2n) is 6.05. The Hall–Kier alpha value is -1.07. The lowest BCUT2D eigenvalue weighted by atomic mass is 9.85. The minimum atomic E-state index is -3.31. The smallest absolute Gasteiger partial charge is 0.218 e. The van der Waals surface area contributed by atoms with Crippen LogP contribution in [0.3, 0.4) is 0 Å². The zero-order valence-corrected chi connectivity index (χ0v) is 13.8. The lowest BCUT2D eigenvalue weighted by molar-refractivity contribution is 0.233. The van der Waals surface area contributed by atoms with E-state index in [1.54, 1.807) is 23.5 Å². The summed E-state index contributed by atoms with van der Waals surface area (Å²) in [4.78, 5) is 0. The van der Waals surface area contributed by atoms with Crippen LogP contribution >= 0.6 is 0 Å². The largest absolute Gasteiger partial charge is 0.398 e. The summed E-state index contributed by atoms with van der Waals surface area (Å²) in [6, 6.07) is 7.32. The van der Waals surface area contributed by atoms with E-state index in [0.717, 1.165) is 31.6 Å². The Morgan fingerprint density at radius 2 is 1.81 bits per heavy atom. The van der Waals surface area contributed by atoms with Gasteiger partial charge in [0.05, 0.1) is 5.75 Å². The molecule has 5 heteroatoms. The van der Waals surface area contributed by atoms with Crippen molar-refractivity contribution in [2.45, 2.75) is 50.8 Å². The van der Waals surface area contributed by atoms with E-state index in [0.29, 0.717) is 11.3 Å². The molecular weight excluding hydrogens is 284 g/mol. The maximum absolute atomic E-state index is 12.6. The Labute approximate surface area is 128 Å². The van der Waals surface area contributed by atoms with Crippen molar-refractivity contribution in [2.75, 3.05) is 12.8 Å². The molecule has 0 atom stereocenters. The fourth-order valence-electron chi connectivity index (χ4n) is 3.11. The average Bonchev–Trinajstić information content (AvgIpc) is 2.49. The molecule has 1 saturated carbocycles. The summed E-state index contributed by atoms with van der Waals surface area (Å²) in [5.74, 6) is 0.756. The summed E-state index contributed by atoms with van der Waals surface area (Å²) < 4.78 is 26.7. The van der Waals surface area contributed by atoms with Crippen LogP contribution < -0.4 is 5.73 Å². The van der Waals surface area contributed by atoms with E-state index in [1.165, 1.54) is 6.42 Å². The summed E-state index contributed by atoms with van der Waals surface area (Å²) in [7, 11) is -1.59. The third kappa shape index (κ3) is 3.98. The van der Waals surface area contributed by atoms with E-state index in [9.17, 15) is 8.42 Å². The molecule has 1 fully saturated rings. The van der Waals surface area contributed by atoms with E-state index in [-0.39, 0.29) is 11.8 Å². The molecule has 0 amide bonds. The number of benzene rings is 1. The zero-order chi connectivity index (χ0) is 15.5. The molecular formula is C16H26N2O2S. The van der Waals surface area contributed by atoms with Gasteiger partial charge in [0.2, 0.25) is 10.0 Å². The van der Waals surface area contributed by atoms with Crippen molar-refractivity contribution in [1.29, 1.82) is 0 Å². The fraction of sp³-hybridized carbons (Fsp3) is 0.625. The first-order valence-corrected chi connectivity index (χ1v) is 9.34. The lowest BCUT2D eigenvalue weighted by Gasteiger charge is -2.33. The van der Waals surface area contributed by atoms with E-state index in [2.05, 4.69) is 6.92 Å². The molecule has 2 rings (SSSR count). The predicted octanol–water partition coefficient (Wildman–Crippen LogP) is 3.00. The Bertz CT molecular complexity index is 563. The van der Waals surface area contributed by atoms with Crippen LogP contribution in [-0.2, 0) is 15.8 Å². The predicted molar refractivity (Wildman–Crippen MR) is 87.3 cm³/mol. The Balaban J connectivity index is 2.04. The van der Waals surface area contributed by atoms with Crippen LogP contribution in [0.2, 0.25) is 0 Å². The normalized spacial score (nSPS) is 23.4. The van der Waals surface area contributed by atoms with E-state index in [1.807, 2.05) is 12.1 Å². The second-order valence-corrected chi connectivity index (χ2v) is 8.08. The number of nitrogen functional groups attached to an aromatic ring is 1. The number of nitrogens with two attached hydrogens (primary N) is 1. The van der Waals surface area contributed by atoms with Crippen molar-refractivity contribution in [3.05, 3.63) is 29.8 Å². The molecule has 0 radical (unpaired) electrons. The molecule has 0 aliphatic heterocycles. The Kier molecular flexibility index (Phi) is 5.27. The van der Waals surface area contributed by atoms with Crippen molar-refractivity contribution in [1.82, 2.24) is 4.31 Å². The number of para-hydroxylation sites is 1. The van der Waals surface area contributed by atoms with Gasteiger partial charge in [-0.1, -0.05) is 31.5 Å². The monoisotopic (exact) mass is 310 g/mol. The molecule has 21 heavy (non-hydrogen) atoms. The van der Waals surface area contributed by atoms with Crippen LogP contribution in [0.15, 0.2) is 24.3 Å². The van der Waals surface area contributed by atoms with Gasteiger partial charge in [-0.25, -0.2) is 12.7 Å². The van der Waals surface area contributed by atoms with Crippen LogP contribution in [0.4, 0.5) is 5.69 Å². The summed E-state index contributed by atoms with van der Waals surface area (Å²) >= 11 is 0. The van der Waals surface area contributed by atoms with E-state index in [4.69, 9.17) is 5.73 Å². The standard InChI is InChI=1S/C16H26N2O2S/c1-3-13-8-10-15(11-9-13)18(2)21(19,20)12-14-6-4-5-7-16(14)17/h4-7,13,15H,3,8-12,17H2,1-2H3. The molecule has 0 aromatic heterocycles. The first kappa shape index (κ1) is 16.3. The van der Waals surface area contributed by atoms with Gasteiger partial charge in [-0.15, -0.1) is 0 Å². The Morgan fingerprint density at radius 3 is 2.38 bits per heavy atom. The minimum absolute atomic E-state index is 0.0100. The Morgan fingerprint density at radius 1 is 1.19 bits per heavy atom. The van der Waals surface area contributed by atoms with Crippen molar-refractivity contribution < 1.29 is 8.42 Å². The lowest BCUT2D eigenvalue weighted by Crippen LogP contribution is -2.40. The van der Waals surface area contributed by atoms with E-state index < -0.39 is 10.0 Å². The van der Waals surface area contributed by atoms with Crippen LogP contribution in [-0.4, -0.2) is 25.8 Å². The number of hydrogen-bond donors (Lipinski definition) is 1. The molecule has 1 aliphatic rings. The molecule has 0 spiro atoms. The van der Waals surface area contributed by atoms with Gasteiger partial charge in [-0.05, 0) is 43.2 Å². The quantitative estimate of drug-likeness (QED) is 0.850. The molecule has 0 heterocycles. The van der Waals surface area contributed by atoms with E-state index >= 15 is 0 Å². The number of rotatable bonds is 5. The SMILES string of the molecule is CCC1CCC(N(C)S(=O)(=O)Cc2ccccc2N)CC1. The third-order valence-electron chi connectivity index (χ3n) is 4.74. The van der Waals surface area contributed by atoms with Crippen molar-refractivity contribution in [2.24, 2.45) is 5.92 Å². The summed E-state index contributed by atoms with van der Waals surface area (Å²) in [6.45, 7) is 2.21. The number of nitrogens with zero attached hydrogens (tertiary/aromatic N) is 1. The molecule has 1 aliphatic carbocycles. The summed E-state index contributed by atoms with van der Waals surface area (Å²) in [5.41, 5.74) is 7.09. The highest BCUT2D eigenvalue weighted by atomic mass is 32.2. The van der Waals surface area contributed by atoms with Gasteiger partial charge in [-0.3, -0.25) is 0 Å². The second kappa shape index (κ2) is 6.79. The van der Waals surface area contributed by atoms with Crippen molar-refractivity contribution in [3.8, 4) is 0 Å². The molecule has 0 saturated heterocycles. The van der Waals surface area contributed by atoms with Gasteiger partial charge in [0, 0.05) is 18.8 Å². The first-order chi connectivity index (χ1) is 9.94. The van der Waals surface area contributed by atoms with Gasteiger partial charge in [0.25, 0.3) is 0 Å². The highest BCUT2D eigenvalue weighted by Gasteiger charge is 2.30. The molecule has 1 aromatic carbocycles. The molecule has 118 valence electrons. The molecule has 4 nitrogen and oxygen atoms in total. The van der Waals surface area contributed by atoms with Gasteiger partial charge in [0.1, 0.15) is 0 Å². The number of hydrogen-bond acceptors (Lipinski definition) is 3. The van der Waals surface area contributed by atoms with Crippen LogP contribution in [0.25, 0.3) is 0 Å². The minimum Gasteiger partial charge on any atom is -0.398 e. The van der Waals surface area contributed by atoms with Crippen LogP contribution in [0, 0.1) is 5.92 Å². The average molecular weight is 310 g/mol. The third-order valence-corrected chi connectivity index (χ3v) is 6.59. The van der Waals surface area contributed by atoms with Gasteiger partial charge in [-0.2, -0.15) is 0 Å². The highest BCUT2D eigenvalue weighted by Crippen LogP contribution is 2.30. The van der Waals surface area contributed by atoms with Crippen molar-refractivity contribution >= 4 is 15.7 Å². The van der Waals surface area contributed by atoms with Gasteiger partial charge >= 0.3 is 0 Å². The maximum Gasteiger partial charge on any atom is 0.218 e. The molecule has 2 N–H and O–H groups in total. The van der Waals surface area contributed by atoms with Gasteiger partial charge < -0.3 is 5.73 Å². The summed E-state index contributed by atoms with van der Waals surface area (Å²) in [6.07, 6.45) is 5.41. The topological polar surface area (TPSA) is 63.4 Å². The number of sulfonamides is 1. The molecule has 0 unspecified atom stereocenters. The summed E-state index contributed by atoms with van der Waals surface area (Å²) in [5, 5.41) is 0. The van der Waals surface area contributed by atoms with Crippen molar-refractivity contribution in [3.63, 3.8) is 0 Å².